The van der Waals surface area contributed by atoms with Crippen LogP contribution in [0.1, 0.15) is 71.6 Å². The third kappa shape index (κ3) is 3.65. The number of fused-ring (bicyclic) bond motifs is 5. The number of esters is 1. The maximum Gasteiger partial charge on any atom is 0.331 e. The van der Waals surface area contributed by atoms with Gasteiger partial charge in [0.05, 0.1) is 23.9 Å². The highest BCUT2D eigenvalue weighted by Crippen LogP contribution is 2.70. The van der Waals surface area contributed by atoms with Crippen molar-refractivity contribution < 1.29 is 44.5 Å². The summed E-state index contributed by atoms with van der Waals surface area (Å²) in [6.07, 6.45) is 2.83. The van der Waals surface area contributed by atoms with Gasteiger partial charge in [-0.1, -0.05) is 13.8 Å². The van der Waals surface area contributed by atoms with E-state index in [1.165, 1.54) is 0 Å². The Morgan fingerprint density at radius 3 is 2.38 bits per heavy atom. The average molecular weight is 523 g/mol. The number of rotatable bonds is 3. The molecular weight excluding hydrogens is 480 g/mol. The van der Waals surface area contributed by atoms with Crippen LogP contribution >= 0.6 is 0 Å². The van der Waals surface area contributed by atoms with Crippen LogP contribution in [0.5, 0.6) is 0 Å². The van der Waals surface area contributed by atoms with Crippen LogP contribution in [0.3, 0.4) is 0 Å². The van der Waals surface area contributed by atoms with Crippen LogP contribution in [-0.4, -0.2) is 86.6 Å². The lowest BCUT2D eigenvalue weighted by Gasteiger charge is -2.66. The first-order valence-corrected chi connectivity index (χ1v) is 14.1. The Kier molecular flexibility index (Phi) is 6.16. The van der Waals surface area contributed by atoms with Crippen LogP contribution in [-0.2, 0) is 19.0 Å². The Balaban J connectivity index is 1.19. The Morgan fingerprint density at radius 2 is 1.65 bits per heavy atom. The van der Waals surface area contributed by atoms with Gasteiger partial charge in [-0.25, -0.2) is 4.79 Å². The largest absolute Gasteiger partial charge is 0.458 e. The lowest BCUT2D eigenvalue weighted by molar-refractivity contribution is -0.304. The third-order valence-corrected chi connectivity index (χ3v) is 11.9. The van der Waals surface area contributed by atoms with E-state index in [0.29, 0.717) is 32.3 Å². The van der Waals surface area contributed by atoms with Crippen molar-refractivity contribution in [1.82, 2.24) is 0 Å². The first-order valence-electron chi connectivity index (χ1n) is 14.1. The monoisotopic (exact) mass is 522 g/mol. The summed E-state index contributed by atoms with van der Waals surface area (Å²) < 4.78 is 16.7. The molecule has 0 spiro atoms. The molecule has 2 heterocycles. The van der Waals surface area contributed by atoms with Gasteiger partial charge >= 0.3 is 5.97 Å². The smallest absolute Gasteiger partial charge is 0.331 e. The molecule has 5 N–H and O–H groups in total. The summed E-state index contributed by atoms with van der Waals surface area (Å²) in [6, 6.07) is 0. The summed E-state index contributed by atoms with van der Waals surface area (Å²) >= 11 is 0. The van der Waals surface area contributed by atoms with Gasteiger partial charge in [0.25, 0.3) is 0 Å². The fourth-order valence-electron chi connectivity index (χ4n) is 9.57. The maximum atomic E-state index is 12.3. The number of aliphatic hydroxyl groups excluding tert-OH is 3. The van der Waals surface area contributed by atoms with E-state index in [0.717, 1.165) is 37.7 Å². The van der Waals surface area contributed by atoms with Gasteiger partial charge in [-0.2, -0.15) is 0 Å². The Labute approximate surface area is 217 Å². The summed E-state index contributed by atoms with van der Waals surface area (Å²) in [7, 11) is 0. The molecular formula is C28H42O9. The van der Waals surface area contributed by atoms with Gasteiger partial charge in [0.2, 0.25) is 0 Å². The lowest BCUT2D eigenvalue weighted by Crippen LogP contribution is -2.67. The Morgan fingerprint density at radius 1 is 0.919 bits per heavy atom. The zero-order chi connectivity index (χ0) is 26.4. The van der Waals surface area contributed by atoms with Gasteiger partial charge in [-0.3, -0.25) is 0 Å². The minimum absolute atomic E-state index is 0.0813. The number of ether oxygens (including phenoxy) is 3. The Bertz CT molecular complexity index is 969. The molecule has 9 heteroatoms. The molecule has 12 atom stereocenters. The molecule has 0 aromatic carbocycles. The van der Waals surface area contributed by atoms with Crippen molar-refractivity contribution in [2.45, 2.75) is 114 Å². The van der Waals surface area contributed by atoms with Gasteiger partial charge in [-0.05, 0) is 80.1 Å². The van der Waals surface area contributed by atoms with Crippen molar-refractivity contribution in [2.24, 2.45) is 28.6 Å². The molecule has 9 nitrogen and oxygen atoms in total. The van der Waals surface area contributed by atoms with E-state index in [-0.39, 0.29) is 47.3 Å². The molecule has 0 radical (unpaired) electrons. The third-order valence-electron chi connectivity index (χ3n) is 11.9. The quantitative estimate of drug-likeness (QED) is 0.272. The molecule has 0 bridgehead atoms. The Hall–Kier alpha value is -1.07. The summed E-state index contributed by atoms with van der Waals surface area (Å²) in [6.45, 7) is 4.59. The van der Waals surface area contributed by atoms with Gasteiger partial charge in [-0.15, -0.1) is 0 Å². The number of carbonyl (C=O) groups excluding carboxylic acids is 1. The zero-order valence-electron chi connectivity index (χ0n) is 21.8. The number of hydrogen-bond donors (Lipinski definition) is 5. The maximum absolute atomic E-state index is 12.3. The first-order chi connectivity index (χ1) is 17.4. The molecule has 37 heavy (non-hydrogen) atoms. The minimum Gasteiger partial charge on any atom is -0.458 e. The highest BCUT2D eigenvalue weighted by atomic mass is 16.7. The van der Waals surface area contributed by atoms with Gasteiger partial charge in [0.1, 0.15) is 24.9 Å². The lowest BCUT2D eigenvalue weighted by atomic mass is 9.42. The fourth-order valence-corrected chi connectivity index (χ4v) is 9.57. The minimum atomic E-state index is -1.35. The molecule has 0 unspecified atom stereocenters. The molecule has 6 aliphatic rings. The van der Waals surface area contributed by atoms with Crippen molar-refractivity contribution in [3.05, 3.63) is 11.6 Å². The van der Waals surface area contributed by atoms with Crippen molar-refractivity contribution in [1.29, 1.82) is 0 Å². The predicted octanol–water partition coefficient (Wildman–Crippen LogP) is 1.18. The number of aliphatic hydroxyl groups is 5. The molecule has 208 valence electrons. The standard InChI is InChI=1S/C28H42O9/c1-25-7-3-16(37-24-23(32)22(31)20(29)14-36-24)12-27(25,33)9-5-19-18(25)4-8-26(2)17(6-10-28(19,26)34)15-11-21(30)35-13-15/h11,16-20,22-24,29,31-34H,3-10,12-14H2,1-2H3/t16-,17+,18+,19-,20+,22+,23+,24-,25+,26-,27-,28+/m0/s1. The van der Waals surface area contributed by atoms with Crippen LogP contribution in [0, 0.1) is 28.6 Å². The highest BCUT2D eigenvalue weighted by Gasteiger charge is 2.70. The zero-order valence-corrected chi connectivity index (χ0v) is 21.8. The molecule has 5 fully saturated rings. The van der Waals surface area contributed by atoms with E-state index < -0.39 is 35.8 Å². The van der Waals surface area contributed by atoms with E-state index in [9.17, 15) is 30.3 Å². The van der Waals surface area contributed by atoms with E-state index in [1.54, 1.807) is 6.08 Å². The van der Waals surface area contributed by atoms with Crippen LogP contribution in [0.2, 0.25) is 0 Å². The van der Waals surface area contributed by atoms with Crippen LogP contribution in [0.25, 0.3) is 0 Å². The summed E-state index contributed by atoms with van der Waals surface area (Å²) in [5, 5.41) is 54.5. The second kappa shape index (κ2) is 8.71. The van der Waals surface area contributed by atoms with Crippen LogP contribution in [0.15, 0.2) is 11.6 Å². The summed E-state index contributed by atoms with van der Waals surface area (Å²) in [5.74, 6) is 0.109. The average Bonchev–Trinajstić information content (AvgIpc) is 3.40. The number of carbonyl (C=O) groups is 1. The van der Waals surface area contributed by atoms with E-state index >= 15 is 0 Å². The topological polar surface area (TPSA) is 146 Å². The fraction of sp³-hybridized carbons (Fsp3) is 0.893. The molecule has 0 aromatic rings. The van der Waals surface area contributed by atoms with E-state index in [2.05, 4.69) is 13.8 Å². The van der Waals surface area contributed by atoms with Crippen LogP contribution < -0.4 is 0 Å². The molecule has 4 aliphatic carbocycles. The highest BCUT2D eigenvalue weighted by molar-refractivity contribution is 5.85. The van der Waals surface area contributed by atoms with Gasteiger partial charge in [0.15, 0.2) is 6.29 Å². The second-order valence-corrected chi connectivity index (χ2v) is 13.3. The van der Waals surface area contributed by atoms with Crippen molar-refractivity contribution in [2.75, 3.05) is 13.2 Å². The molecule has 0 amide bonds. The molecule has 2 aliphatic heterocycles. The second-order valence-electron chi connectivity index (χ2n) is 13.3. The van der Waals surface area contributed by atoms with E-state index in [1.807, 2.05) is 0 Å². The molecule has 0 aromatic heterocycles. The van der Waals surface area contributed by atoms with Crippen molar-refractivity contribution >= 4 is 5.97 Å². The van der Waals surface area contributed by atoms with Crippen molar-refractivity contribution in [3.63, 3.8) is 0 Å². The summed E-state index contributed by atoms with van der Waals surface area (Å²) in [5.41, 5.74) is -1.49. The number of cyclic esters (lactones) is 1. The molecule has 4 saturated carbocycles. The number of hydrogen-bond acceptors (Lipinski definition) is 9. The first kappa shape index (κ1) is 26.2. The predicted molar refractivity (Wildman–Crippen MR) is 130 cm³/mol. The van der Waals surface area contributed by atoms with Gasteiger partial charge < -0.3 is 39.7 Å². The normalized spacial score (nSPS) is 55.6. The van der Waals surface area contributed by atoms with Gasteiger partial charge in [0, 0.05) is 17.9 Å². The van der Waals surface area contributed by atoms with Crippen LogP contribution in [0.4, 0.5) is 0 Å². The van der Waals surface area contributed by atoms with E-state index in [4.69, 9.17) is 14.2 Å². The molecule has 6 rings (SSSR count). The molecule has 1 saturated heterocycles. The van der Waals surface area contributed by atoms with Crippen molar-refractivity contribution in [3.8, 4) is 0 Å². The SMILES string of the molecule is C[C@@]12CC[C@@H]3[C@H](CC[C@]4(O)C[C@@H](O[C@@H]5OC[C@@H](O)[C@@H](O)[C@H]5O)CC[C@]34C)[C@]1(O)CC[C@@H]2C1=CC(=O)OC1. The summed E-state index contributed by atoms with van der Waals surface area (Å²) in [4.78, 5) is 11.8.